The van der Waals surface area contributed by atoms with Crippen molar-refractivity contribution in [2.75, 3.05) is 17.2 Å². The van der Waals surface area contributed by atoms with Gasteiger partial charge in [-0.25, -0.2) is 4.98 Å². The van der Waals surface area contributed by atoms with E-state index in [2.05, 4.69) is 15.6 Å². The molecule has 1 aliphatic heterocycles. The van der Waals surface area contributed by atoms with Crippen LogP contribution in [0.3, 0.4) is 0 Å². The van der Waals surface area contributed by atoms with Gasteiger partial charge < -0.3 is 15.4 Å². The minimum atomic E-state index is -0.267. The maximum absolute atomic E-state index is 12.7. The average Bonchev–Trinajstić information content (AvgIpc) is 2.73. The fourth-order valence-corrected chi connectivity index (χ4v) is 3.21. The molecule has 0 atom stereocenters. The number of amides is 2. The van der Waals surface area contributed by atoms with Crippen LogP contribution in [-0.2, 0) is 9.59 Å². The first-order valence-electron chi connectivity index (χ1n) is 9.02. The number of carbonyl (C=O) groups is 2. The van der Waals surface area contributed by atoms with Gasteiger partial charge in [-0.1, -0.05) is 60.7 Å². The van der Waals surface area contributed by atoms with Crippen molar-refractivity contribution in [3.8, 4) is 5.75 Å². The highest BCUT2D eigenvalue weighted by atomic mass is 16.5. The molecule has 2 heterocycles. The molecule has 0 bridgehead atoms. The van der Waals surface area contributed by atoms with Crippen LogP contribution in [-0.4, -0.2) is 23.4 Å². The first-order valence-corrected chi connectivity index (χ1v) is 9.02. The minimum Gasteiger partial charge on any atom is -0.480 e. The number of hydrogen-bond acceptors (Lipinski definition) is 4. The van der Waals surface area contributed by atoms with E-state index >= 15 is 0 Å². The van der Waals surface area contributed by atoms with E-state index in [9.17, 15) is 9.59 Å². The standard InChI is InChI=1S/C22H19N3O3/c26-20(23-19-12-11-18-22(24-19)25-21(27)14-28-18)13-17(15-7-3-1-4-8-15)16-9-5-2-6-10-16/h1-12,17H,13-14H2,(H2,23,24,25,26,27). The second-order valence-electron chi connectivity index (χ2n) is 6.51. The van der Waals surface area contributed by atoms with Crippen LogP contribution in [0.15, 0.2) is 72.8 Å². The Labute approximate surface area is 162 Å². The highest BCUT2D eigenvalue weighted by Gasteiger charge is 2.20. The van der Waals surface area contributed by atoms with Crippen LogP contribution in [0.4, 0.5) is 11.6 Å². The third kappa shape index (κ3) is 4.01. The van der Waals surface area contributed by atoms with Crippen molar-refractivity contribution in [3.63, 3.8) is 0 Å². The molecule has 0 aliphatic carbocycles. The van der Waals surface area contributed by atoms with Crippen molar-refractivity contribution in [3.05, 3.63) is 83.9 Å². The van der Waals surface area contributed by atoms with Crippen molar-refractivity contribution in [2.45, 2.75) is 12.3 Å². The maximum Gasteiger partial charge on any atom is 0.263 e. The second-order valence-corrected chi connectivity index (χ2v) is 6.51. The predicted octanol–water partition coefficient (Wildman–Crippen LogP) is 3.57. The summed E-state index contributed by atoms with van der Waals surface area (Å²) in [5.74, 6) is 0.683. The largest absolute Gasteiger partial charge is 0.480 e. The summed E-state index contributed by atoms with van der Waals surface area (Å²) in [6.07, 6.45) is 0.273. The number of nitrogens with zero attached hydrogens (tertiary/aromatic N) is 1. The number of anilines is 2. The van der Waals surface area contributed by atoms with Crippen molar-refractivity contribution < 1.29 is 14.3 Å². The molecule has 3 aromatic rings. The smallest absolute Gasteiger partial charge is 0.263 e. The molecule has 0 saturated carbocycles. The fourth-order valence-electron chi connectivity index (χ4n) is 3.21. The number of rotatable bonds is 5. The first-order chi connectivity index (χ1) is 13.7. The van der Waals surface area contributed by atoms with E-state index < -0.39 is 0 Å². The Morgan fingerprint density at radius 2 is 1.64 bits per heavy atom. The Morgan fingerprint density at radius 3 is 2.29 bits per heavy atom. The second kappa shape index (κ2) is 7.92. The number of ether oxygens (including phenoxy) is 1. The Kier molecular flexibility index (Phi) is 5.01. The summed E-state index contributed by atoms with van der Waals surface area (Å²) in [5.41, 5.74) is 2.14. The normalized spacial score (nSPS) is 12.7. The molecule has 140 valence electrons. The number of pyridine rings is 1. The van der Waals surface area contributed by atoms with Gasteiger partial charge in [-0.3, -0.25) is 9.59 Å². The average molecular weight is 373 g/mol. The van der Waals surface area contributed by atoms with E-state index in [1.807, 2.05) is 60.7 Å². The summed E-state index contributed by atoms with van der Waals surface area (Å²) in [5, 5.41) is 5.46. The Balaban J connectivity index is 1.52. The van der Waals surface area contributed by atoms with Crippen molar-refractivity contribution in [2.24, 2.45) is 0 Å². The van der Waals surface area contributed by atoms with Crippen LogP contribution < -0.4 is 15.4 Å². The molecule has 1 aliphatic rings. The summed E-state index contributed by atoms with van der Waals surface area (Å²) in [4.78, 5) is 28.5. The van der Waals surface area contributed by atoms with Gasteiger partial charge in [-0.15, -0.1) is 0 Å². The van der Waals surface area contributed by atoms with Gasteiger partial charge in [0.25, 0.3) is 5.91 Å². The third-order valence-electron chi connectivity index (χ3n) is 4.54. The van der Waals surface area contributed by atoms with Crippen molar-refractivity contribution in [1.82, 2.24) is 4.98 Å². The summed E-state index contributed by atoms with van der Waals surface area (Å²) < 4.78 is 5.29. The zero-order valence-corrected chi connectivity index (χ0v) is 15.1. The van der Waals surface area contributed by atoms with Crippen LogP contribution >= 0.6 is 0 Å². The number of nitrogens with one attached hydrogen (secondary N) is 2. The molecule has 0 saturated heterocycles. The molecule has 2 aromatic carbocycles. The zero-order chi connectivity index (χ0) is 19.3. The molecule has 0 radical (unpaired) electrons. The highest BCUT2D eigenvalue weighted by molar-refractivity contribution is 5.95. The molecule has 0 spiro atoms. The minimum absolute atomic E-state index is 0.0315. The lowest BCUT2D eigenvalue weighted by Gasteiger charge is -2.19. The molecule has 6 nitrogen and oxygen atoms in total. The van der Waals surface area contributed by atoms with Crippen LogP contribution in [0.5, 0.6) is 5.75 Å². The molecule has 0 unspecified atom stereocenters. The van der Waals surface area contributed by atoms with E-state index in [1.54, 1.807) is 12.1 Å². The van der Waals surface area contributed by atoms with Crippen LogP contribution in [0.1, 0.15) is 23.5 Å². The number of carbonyl (C=O) groups excluding carboxylic acids is 2. The van der Waals surface area contributed by atoms with Gasteiger partial charge in [-0.05, 0) is 23.3 Å². The molecule has 4 rings (SSSR count). The van der Waals surface area contributed by atoms with Gasteiger partial charge in [0.1, 0.15) is 5.82 Å². The fraction of sp³-hybridized carbons (Fsp3) is 0.136. The quantitative estimate of drug-likeness (QED) is 0.716. The van der Waals surface area contributed by atoms with E-state index in [0.717, 1.165) is 11.1 Å². The Bertz CT molecular complexity index is 951. The maximum atomic E-state index is 12.7. The predicted molar refractivity (Wildman–Crippen MR) is 106 cm³/mol. The molecular formula is C22H19N3O3. The molecule has 6 heteroatoms. The summed E-state index contributed by atoms with van der Waals surface area (Å²) in [6.45, 7) is -0.0315. The molecule has 0 fully saturated rings. The monoisotopic (exact) mass is 373 g/mol. The van der Waals surface area contributed by atoms with E-state index in [-0.39, 0.29) is 30.8 Å². The van der Waals surface area contributed by atoms with Crippen LogP contribution in [0.2, 0.25) is 0 Å². The number of fused-ring (bicyclic) bond motifs is 1. The molecule has 2 amide bonds. The molecule has 28 heavy (non-hydrogen) atoms. The topological polar surface area (TPSA) is 80.3 Å². The number of benzene rings is 2. The zero-order valence-electron chi connectivity index (χ0n) is 15.1. The third-order valence-corrected chi connectivity index (χ3v) is 4.54. The van der Waals surface area contributed by atoms with E-state index in [0.29, 0.717) is 17.4 Å². The van der Waals surface area contributed by atoms with Crippen LogP contribution in [0.25, 0.3) is 0 Å². The Hall–Kier alpha value is -3.67. The lowest BCUT2D eigenvalue weighted by atomic mass is 9.88. The van der Waals surface area contributed by atoms with Gasteiger partial charge >= 0.3 is 0 Å². The summed E-state index contributed by atoms with van der Waals surface area (Å²) in [6, 6.07) is 23.2. The van der Waals surface area contributed by atoms with E-state index in [4.69, 9.17) is 4.74 Å². The molecule has 2 N–H and O–H groups in total. The van der Waals surface area contributed by atoms with Gasteiger partial charge in [0, 0.05) is 12.3 Å². The first kappa shape index (κ1) is 17.7. The SMILES string of the molecule is O=C(CC(c1ccccc1)c1ccccc1)Nc1ccc2c(n1)NC(=O)CO2. The van der Waals surface area contributed by atoms with Gasteiger partial charge in [-0.2, -0.15) is 0 Å². The van der Waals surface area contributed by atoms with Gasteiger partial charge in [0.15, 0.2) is 18.2 Å². The molecule has 1 aromatic heterocycles. The lowest BCUT2D eigenvalue weighted by Crippen LogP contribution is -2.26. The van der Waals surface area contributed by atoms with E-state index in [1.165, 1.54) is 0 Å². The Morgan fingerprint density at radius 1 is 1.00 bits per heavy atom. The molecular weight excluding hydrogens is 354 g/mol. The van der Waals surface area contributed by atoms with Gasteiger partial charge in [0.05, 0.1) is 0 Å². The lowest BCUT2D eigenvalue weighted by molar-refractivity contribution is -0.118. The summed E-state index contributed by atoms with van der Waals surface area (Å²) in [7, 11) is 0. The van der Waals surface area contributed by atoms with Crippen molar-refractivity contribution >= 4 is 23.5 Å². The highest BCUT2D eigenvalue weighted by Crippen LogP contribution is 2.29. The van der Waals surface area contributed by atoms with Crippen LogP contribution in [0, 0.1) is 0 Å². The number of hydrogen-bond donors (Lipinski definition) is 2. The number of aromatic nitrogens is 1. The van der Waals surface area contributed by atoms with Crippen molar-refractivity contribution in [1.29, 1.82) is 0 Å². The van der Waals surface area contributed by atoms with Gasteiger partial charge in [0.2, 0.25) is 5.91 Å². The summed E-state index contributed by atoms with van der Waals surface area (Å²) >= 11 is 0.